The van der Waals surface area contributed by atoms with E-state index in [9.17, 15) is 15.3 Å². The van der Waals surface area contributed by atoms with Crippen LogP contribution in [0.25, 0.3) is 20.8 Å². The van der Waals surface area contributed by atoms with Crippen molar-refractivity contribution in [3.8, 4) is 10.6 Å². The fourth-order valence-electron chi connectivity index (χ4n) is 4.44. The standard InChI is InChI=1S/C24H34N6O4S/c1-13(2)34-11-10-26-22-27-14(3)18(21-28-16-12-25-9-7-17(16)35-21)20(29-22)30-24(33)8-6-15(19(24)31)23(4,5)32/h7,9,12-13,15,19,31-33H,6,8,10-11H2,1-5H3,(H2,26,27,29,30). The number of aliphatic hydroxyl groups excluding tert-OH is 1. The Bertz CT molecular complexity index is 1150. The molecule has 0 spiro atoms. The third-order valence-corrected chi connectivity index (χ3v) is 7.33. The molecule has 1 saturated carbocycles. The number of nitrogens with one attached hydrogen (secondary N) is 2. The van der Waals surface area contributed by atoms with Crippen molar-refractivity contribution in [1.82, 2.24) is 19.9 Å². The van der Waals surface area contributed by atoms with Gasteiger partial charge in [-0.2, -0.15) is 4.98 Å². The number of aromatic nitrogens is 4. The molecule has 3 unspecified atom stereocenters. The molecule has 5 N–H and O–H groups in total. The predicted octanol–water partition coefficient (Wildman–Crippen LogP) is 2.94. The van der Waals surface area contributed by atoms with Crippen LogP contribution in [-0.2, 0) is 4.74 Å². The zero-order valence-corrected chi connectivity index (χ0v) is 21.6. The first-order valence-electron chi connectivity index (χ1n) is 11.8. The Morgan fingerprint density at radius 3 is 2.71 bits per heavy atom. The van der Waals surface area contributed by atoms with Gasteiger partial charge in [0.25, 0.3) is 0 Å². The lowest BCUT2D eigenvalue weighted by Crippen LogP contribution is -2.51. The molecule has 3 aromatic rings. The van der Waals surface area contributed by atoms with Crippen LogP contribution in [0.2, 0.25) is 0 Å². The average molecular weight is 503 g/mol. The molecule has 3 aromatic heterocycles. The number of rotatable bonds is 9. The van der Waals surface area contributed by atoms with Crippen LogP contribution in [0.4, 0.5) is 11.8 Å². The molecule has 0 aromatic carbocycles. The van der Waals surface area contributed by atoms with E-state index in [0.717, 1.165) is 10.2 Å². The van der Waals surface area contributed by atoms with E-state index in [1.54, 1.807) is 26.2 Å². The minimum atomic E-state index is -1.67. The molecule has 35 heavy (non-hydrogen) atoms. The first kappa shape index (κ1) is 25.6. The van der Waals surface area contributed by atoms with E-state index in [1.807, 2.05) is 26.8 Å². The zero-order valence-electron chi connectivity index (χ0n) is 20.7. The van der Waals surface area contributed by atoms with E-state index in [-0.39, 0.29) is 12.5 Å². The van der Waals surface area contributed by atoms with E-state index in [2.05, 4.69) is 25.6 Å². The molecule has 0 amide bonds. The molecule has 1 fully saturated rings. The maximum Gasteiger partial charge on any atom is 0.224 e. The largest absolute Gasteiger partial charge is 0.390 e. The quantitative estimate of drug-likeness (QED) is 0.219. The highest BCUT2D eigenvalue weighted by atomic mass is 32.1. The first-order chi connectivity index (χ1) is 16.5. The van der Waals surface area contributed by atoms with Gasteiger partial charge in [-0.3, -0.25) is 4.98 Å². The van der Waals surface area contributed by atoms with Crippen LogP contribution in [-0.4, -0.2) is 71.9 Å². The summed E-state index contributed by atoms with van der Waals surface area (Å²) in [6.45, 7) is 10.1. The Morgan fingerprint density at radius 1 is 1.29 bits per heavy atom. The summed E-state index contributed by atoms with van der Waals surface area (Å²) in [5.74, 6) is 0.236. The molecule has 0 saturated heterocycles. The smallest absolute Gasteiger partial charge is 0.224 e. The SMILES string of the molecule is Cc1nc(NCCOC(C)C)nc(NC2(O)CCC(C(C)(C)O)C2O)c1-c1nc2cnccc2s1. The molecule has 190 valence electrons. The highest BCUT2D eigenvalue weighted by Crippen LogP contribution is 2.43. The highest BCUT2D eigenvalue weighted by Gasteiger charge is 2.52. The number of nitrogens with zero attached hydrogens (tertiary/aromatic N) is 4. The summed E-state index contributed by atoms with van der Waals surface area (Å²) in [5.41, 5.74) is -0.748. The fraction of sp³-hybridized carbons (Fsp3) is 0.583. The molecule has 1 aliphatic rings. The molecule has 0 aliphatic heterocycles. The van der Waals surface area contributed by atoms with Gasteiger partial charge >= 0.3 is 0 Å². The van der Waals surface area contributed by atoms with Crippen LogP contribution in [0, 0.1) is 12.8 Å². The third kappa shape index (κ3) is 5.54. The minimum Gasteiger partial charge on any atom is -0.390 e. The summed E-state index contributed by atoms with van der Waals surface area (Å²) in [7, 11) is 0. The number of hydrogen-bond acceptors (Lipinski definition) is 11. The van der Waals surface area contributed by atoms with E-state index in [1.165, 1.54) is 11.3 Å². The molecule has 1 aliphatic carbocycles. The van der Waals surface area contributed by atoms with Gasteiger partial charge < -0.3 is 30.7 Å². The maximum absolute atomic E-state index is 11.4. The van der Waals surface area contributed by atoms with Crippen LogP contribution in [0.3, 0.4) is 0 Å². The summed E-state index contributed by atoms with van der Waals surface area (Å²) in [6, 6.07) is 1.90. The van der Waals surface area contributed by atoms with Gasteiger partial charge in [0.15, 0.2) is 5.72 Å². The van der Waals surface area contributed by atoms with Crippen LogP contribution >= 0.6 is 11.3 Å². The molecular weight excluding hydrogens is 468 g/mol. The average Bonchev–Trinajstić information content (AvgIpc) is 3.31. The highest BCUT2D eigenvalue weighted by molar-refractivity contribution is 7.21. The monoisotopic (exact) mass is 502 g/mol. The zero-order chi connectivity index (χ0) is 25.4. The topological polar surface area (TPSA) is 146 Å². The number of fused-ring (bicyclic) bond motifs is 1. The number of hydrogen-bond donors (Lipinski definition) is 5. The van der Waals surface area contributed by atoms with Crippen molar-refractivity contribution in [1.29, 1.82) is 0 Å². The van der Waals surface area contributed by atoms with Crippen LogP contribution in [0.15, 0.2) is 18.5 Å². The number of aryl methyl sites for hydroxylation is 1. The normalized spacial score (nSPS) is 22.8. The van der Waals surface area contributed by atoms with Gasteiger partial charge in [0.05, 0.1) is 40.5 Å². The van der Waals surface area contributed by atoms with Crippen molar-refractivity contribution in [2.75, 3.05) is 23.8 Å². The molecule has 3 atom stereocenters. The summed E-state index contributed by atoms with van der Waals surface area (Å²) < 4.78 is 6.56. The fourth-order valence-corrected chi connectivity index (χ4v) is 5.47. The van der Waals surface area contributed by atoms with E-state index >= 15 is 0 Å². The maximum atomic E-state index is 11.4. The molecule has 3 heterocycles. The summed E-state index contributed by atoms with van der Waals surface area (Å²) in [4.78, 5) is 18.1. The van der Waals surface area contributed by atoms with Crippen molar-refractivity contribution in [2.24, 2.45) is 5.92 Å². The van der Waals surface area contributed by atoms with Gasteiger partial charge in [-0.05, 0) is 53.5 Å². The van der Waals surface area contributed by atoms with Crippen LogP contribution in [0.5, 0.6) is 0 Å². The van der Waals surface area contributed by atoms with E-state index in [0.29, 0.717) is 47.6 Å². The van der Waals surface area contributed by atoms with Crippen LogP contribution < -0.4 is 10.6 Å². The van der Waals surface area contributed by atoms with Gasteiger partial charge in [0.1, 0.15) is 22.4 Å². The van der Waals surface area contributed by atoms with Gasteiger partial charge in [-0.25, -0.2) is 9.97 Å². The van der Waals surface area contributed by atoms with E-state index < -0.39 is 23.3 Å². The van der Waals surface area contributed by atoms with E-state index in [4.69, 9.17) is 9.72 Å². The number of anilines is 2. The lowest BCUT2D eigenvalue weighted by atomic mass is 9.87. The molecule has 10 nitrogen and oxygen atoms in total. The molecular formula is C24H34N6O4S. The lowest BCUT2D eigenvalue weighted by molar-refractivity contribution is -0.0926. The molecule has 11 heteroatoms. The van der Waals surface area contributed by atoms with Crippen molar-refractivity contribution in [2.45, 2.75) is 71.0 Å². The number of aliphatic hydroxyl groups is 3. The number of pyridine rings is 1. The Labute approximate surface area is 208 Å². The second kappa shape index (κ2) is 9.90. The summed E-state index contributed by atoms with van der Waals surface area (Å²) >= 11 is 1.48. The second-order valence-corrected chi connectivity index (χ2v) is 10.9. The van der Waals surface area contributed by atoms with Gasteiger partial charge in [0.2, 0.25) is 5.95 Å². The van der Waals surface area contributed by atoms with Gasteiger partial charge in [0, 0.05) is 18.7 Å². The van der Waals surface area contributed by atoms with Crippen LogP contribution in [0.1, 0.15) is 46.2 Å². The first-order valence-corrected chi connectivity index (χ1v) is 12.7. The Morgan fingerprint density at radius 2 is 2.06 bits per heavy atom. The molecule has 0 radical (unpaired) electrons. The van der Waals surface area contributed by atoms with Gasteiger partial charge in [-0.15, -0.1) is 11.3 Å². The summed E-state index contributed by atoms with van der Waals surface area (Å²) in [5, 5.41) is 39.8. The Kier molecular flexibility index (Phi) is 7.26. The van der Waals surface area contributed by atoms with Crippen molar-refractivity contribution >= 4 is 33.3 Å². The molecule has 4 rings (SSSR count). The Balaban J connectivity index is 1.70. The Hall–Kier alpha value is -2.44. The predicted molar refractivity (Wildman–Crippen MR) is 136 cm³/mol. The summed E-state index contributed by atoms with van der Waals surface area (Å²) in [6.07, 6.45) is 3.05. The molecule has 0 bridgehead atoms. The lowest BCUT2D eigenvalue weighted by Gasteiger charge is -2.34. The van der Waals surface area contributed by atoms with Crippen molar-refractivity contribution < 1.29 is 20.1 Å². The van der Waals surface area contributed by atoms with Crippen molar-refractivity contribution in [3.63, 3.8) is 0 Å². The van der Waals surface area contributed by atoms with Gasteiger partial charge in [-0.1, -0.05) is 0 Å². The number of thiazole rings is 1. The van der Waals surface area contributed by atoms with Crippen molar-refractivity contribution in [3.05, 3.63) is 24.2 Å². The number of ether oxygens (including phenoxy) is 1. The minimum absolute atomic E-state index is 0.120. The third-order valence-electron chi connectivity index (χ3n) is 6.28. The second-order valence-electron chi connectivity index (χ2n) is 9.86.